The van der Waals surface area contributed by atoms with Crippen LogP contribution in [0.1, 0.15) is 10.5 Å². The second kappa shape index (κ2) is 3.05. The quantitative estimate of drug-likeness (QED) is 0.678. The molecular weight excluding hydrogens is 174 g/mol. The smallest absolute Gasteiger partial charge is 0.279 e. The highest BCUT2D eigenvalue weighted by atomic mass is 16.5. The fourth-order valence-corrected chi connectivity index (χ4v) is 0.768. The van der Waals surface area contributed by atoms with Crippen LogP contribution in [0.3, 0.4) is 0 Å². The monoisotopic (exact) mass is 179 g/mol. The summed E-state index contributed by atoms with van der Waals surface area (Å²) in [4.78, 5) is 11.3. The Morgan fingerprint density at radius 3 is 3.15 bits per heavy atom. The molecule has 0 unspecified atom stereocenters. The molecule has 2 rings (SSSR count). The summed E-state index contributed by atoms with van der Waals surface area (Å²) in [6.45, 7) is 0. The molecule has 0 aliphatic rings. The zero-order chi connectivity index (χ0) is 9.10. The van der Waals surface area contributed by atoms with Gasteiger partial charge in [-0.2, -0.15) is 15.4 Å². The average Bonchev–Trinajstić information content (AvgIpc) is 2.74. The summed E-state index contributed by atoms with van der Waals surface area (Å²) in [5.74, 6) is -0.0457. The largest absolute Gasteiger partial charge is 0.363 e. The topological polar surface area (TPSA) is 96.7 Å². The number of aromatic amines is 1. The van der Waals surface area contributed by atoms with E-state index < -0.39 is 0 Å². The van der Waals surface area contributed by atoms with Crippen molar-refractivity contribution >= 4 is 11.7 Å². The minimum atomic E-state index is -0.386. The summed E-state index contributed by atoms with van der Waals surface area (Å²) in [7, 11) is 0. The maximum absolute atomic E-state index is 11.3. The molecule has 7 heteroatoms. The number of H-pyrrole nitrogens is 1. The molecule has 0 aliphatic carbocycles. The standard InChI is InChI=1S/C6H5N5O2/c12-6(4-3-7-11-9-4)8-5-1-2-13-10-5/h1-3H,(H,7,9,11)(H,8,10,12). The van der Waals surface area contributed by atoms with Gasteiger partial charge in [-0.25, -0.2) is 0 Å². The van der Waals surface area contributed by atoms with Gasteiger partial charge in [-0.15, -0.1) is 0 Å². The van der Waals surface area contributed by atoms with E-state index in [1.807, 2.05) is 0 Å². The molecule has 0 bridgehead atoms. The Kier molecular flexibility index (Phi) is 1.75. The van der Waals surface area contributed by atoms with Crippen molar-refractivity contribution in [2.45, 2.75) is 0 Å². The van der Waals surface area contributed by atoms with Gasteiger partial charge in [0.25, 0.3) is 5.91 Å². The Hall–Kier alpha value is -2.18. The molecule has 7 nitrogen and oxygen atoms in total. The van der Waals surface area contributed by atoms with Gasteiger partial charge in [0, 0.05) is 6.07 Å². The second-order valence-corrected chi connectivity index (χ2v) is 2.19. The predicted octanol–water partition coefficient (Wildman–Crippen LogP) is 0.0450. The van der Waals surface area contributed by atoms with Crippen LogP contribution in [0.4, 0.5) is 5.82 Å². The van der Waals surface area contributed by atoms with Gasteiger partial charge in [0.1, 0.15) is 6.26 Å². The molecule has 1 amide bonds. The van der Waals surface area contributed by atoms with Crippen molar-refractivity contribution in [3.05, 3.63) is 24.2 Å². The van der Waals surface area contributed by atoms with Gasteiger partial charge in [0.15, 0.2) is 11.5 Å². The third-order valence-corrected chi connectivity index (χ3v) is 1.33. The zero-order valence-corrected chi connectivity index (χ0v) is 6.39. The summed E-state index contributed by atoms with van der Waals surface area (Å²) in [5, 5.41) is 15.4. The lowest BCUT2D eigenvalue weighted by atomic mass is 10.4. The lowest BCUT2D eigenvalue weighted by molar-refractivity contribution is 0.102. The number of carbonyl (C=O) groups excluding carboxylic acids is 1. The molecule has 0 spiro atoms. The minimum absolute atomic E-state index is 0.197. The van der Waals surface area contributed by atoms with Gasteiger partial charge in [-0.1, -0.05) is 5.16 Å². The number of nitrogens with one attached hydrogen (secondary N) is 2. The molecule has 66 valence electrons. The van der Waals surface area contributed by atoms with Crippen LogP contribution in [-0.2, 0) is 0 Å². The first-order chi connectivity index (χ1) is 6.36. The van der Waals surface area contributed by atoms with Crippen molar-refractivity contribution < 1.29 is 9.32 Å². The summed E-state index contributed by atoms with van der Waals surface area (Å²) >= 11 is 0. The van der Waals surface area contributed by atoms with E-state index in [2.05, 4.69) is 30.4 Å². The normalized spacial score (nSPS) is 9.85. The Morgan fingerprint density at radius 2 is 2.54 bits per heavy atom. The summed E-state index contributed by atoms with van der Waals surface area (Å²) in [5.41, 5.74) is 0.197. The first-order valence-corrected chi connectivity index (χ1v) is 3.44. The third-order valence-electron chi connectivity index (χ3n) is 1.33. The Bertz CT molecular complexity index is 379. The molecule has 13 heavy (non-hydrogen) atoms. The molecular formula is C6H5N5O2. The van der Waals surface area contributed by atoms with Gasteiger partial charge in [0.05, 0.1) is 6.20 Å². The zero-order valence-electron chi connectivity index (χ0n) is 6.39. The number of nitrogens with zero attached hydrogens (tertiary/aromatic N) is 3. The summed E-state index contributed by atoms with van der Waals surface area (Å²) in [6.07, 6.45) is 2.67. The van der Waals surface area contributed by atoms with E-state index in [0.717, 1.165) is 0 Å². The SMILES string of the molecule is O=C(Nc1ccon1)c1cn[nH]n1. The molecule has 2 aromatic rings. The number of amides is 1. The van der Waals surface area contributed by atoms with Crippen molar-refractivity contribution in [3.63, 3.8) is 0 Å². The van der Waals surface area contributed by atoms with Crippen molar-refractivity contribution in [1.82, 2.24) is 20.6 Å². The summed E-state index contributed by atoms with van der Waals surface area (Å²) < 4.78 is 4.52. The Labute approximate surface area is 72.1 Å². The van der Waals surface area contributed by atoms with Crippen LogP contribution >= 0.6 is 0 Å². The number of carbonyl (C=O) groups is 1. The van der Waals surface area contributed by atoms with Crippen molar-refractivity contribution in [1.29, 1.82) is 0 Å². The first kappa shape index (κ1) is 7.47. The van der Waals surface area contributed by atoms with E-state index in [4.69, 9.17) is 0 Å². The van der Waals surface area contributed by atoms with E-state index in [-0.39, 0.29) is 11.6 Å². The molecule has 2 aromatic heterocycles. The van der Waals surface area contributed by atoms with Crippen molar-refractivity contribution in [2.75, 3.05) is 5.32 Å². The van der Waals surface area contributed by atoms with E-state index in [1.54, 1.807) is 0 Å². The molecule has 0 aromatic carbocycles. The van der Waals surface area contributed by atoms with E-state index in [0.29, 0.717) is 5.82 Å². The van der Waals surface area contributed by atoms with Crippen LogP contribution in [0.25, 0.3) is 0 Å². The highest BCUT2D eigenvalue weighted by Crippen LogP contribution is 2.02. The second-order valence-electron chi connectivity index (χ2n) is 2.19. The van der Waals surface area contributed by atoms with Crippen LogP contribution in [0, 0.1) is 0 Å². The van der Waals surface area contributed by atoms with Crippen molar-refractivity contribution in [2.24, 2.45) is 0 Å². The maximum atomic E-state index is 11.3. The average molecular weight is 179 g/mol. The molecule has 0 radical (unpaired) electrons. The van der Waals surface area contributed by atoms with Gasteiger partial charge < -0.3 is 9.84 Å². The Morgan fingerprint density at radius 1 is 1.62 bits per heavy atom. The minimum Gasteiger partial charge on any atom is -0.363 e. The van der Waals surface area contributed by atoms with E-state index in [9.17, 15) is 4.79 Å². The van der Waals surface area contributed by atoms with Crippen LogP contribution < -0.4 is 5.32 Å². The first-order valence-electron chi connectivity index (χ1n) is 3.44. The number of hydrogen-bond acceptors (Lipinski definition) is 5. The number of rotatable bonds is 2. The van der Waals surface area contributed by atoms with Gasteiger partial charge in [0.2, 0.25) is 0 Å². The maximum Gasteiger partial charge on any atom is 0.279 e. The van der Waals surface area contributed by atoms with Crippen LogP contribution in [-0.4, -0.2) is 26.5 Å². The fraction of sp³-hybridized carbons (Fsp3) is 0. The predicted molar refractivity (Wildman–Crippen MR) is 40.8 cm³/mol. The van der Waals surface area contributed by atoms with Gasteiger partial charge in [-0.05, 0) is 0 Å². The molecule has 0 fully saturated rings. The highest BCUT2D eigenvalue weighted by molar-refractivity contribution is 6.01. The van der Waals surface area contributed by atoms with Crippen LogP contribution in [0.5, 0.6) is 0 Å². The van der Waals surface area contributed by atoms with Gasteiger partial charge in [-0.3, -0.25) is 4.79 Å². The fourth-order valence-electron chi connectivity index (χ4n) is 0.768. The van der Waals surface area contributed by atoms with Gasteiger partial charge >= 0.3 is 0 Å². The number of anilines is 1. The lowest BCUT2D eigenvalue weighted by Gasteiger charge is -1.94. The molecule has 0 saturated heterocycles. The van der Waals surface area contributed by atoms with E-state index in [1.165, 1.54) is 18.5 Å². The van der Waals surface area contributed by atoms with Crippen LogP contribution in [0.2, 0.25) is 0 Å². The number of aromatic nitrogens is 4. The molecule has 0 saturated carbocycles. The molecule has 0 atom stereocenters. The highest BCUT2D eigenvalue weighted by Gasteiger charge is 2.09. The van der Waals surface area contributed by atoms with Crippen molar-refractivity contribution in [3.8, 4) is 0 Å². The van der Waals surface area contributed by atoms with E-state index >= 15 is 0 Å². The Balaban J connectivity index is 2.08. The third kappa shape index (κ3) is 1.53. The lowest BCUT2D eigenvalue weighted by Crippen LogP contribution is -2.12. The number of hydrogen-bond donors (Lipinski definition) is 2. The molecule has 2 heterocycles. The molecule has 2 N–H and O–H groups in total. The van der Waals surface area contributed by atoms with Crippen LogP contribution in [0.15, 0.2) is 23.0 Å². The molecule has 0 aliphatic heterocycles. The summed E-state index contributed by atoms with van der Waals surface area (Å²) in [6, 6.07) is 1.53.